The minimum atomic E-state index is -6.04. The van der Waals surface area contributed by atoms with Gasteiger partial charge in [0.05, 0.1) is 15.4 Å². The third-order valence-electron chi connectivity index (χ3n) is 3.60. The predicted octanol–water partition coefficient (Wildman–Crippen LogP) is 6.56. The molecule has 0 spiro atoms. The van der Waals surface area contributed by atoms with Crippen LogP contribution in [0.4, 0.5) is 57.9 Å². The molecule has 0 aliphatic rings. The van der Waals surface area contributed by atoms with Gasteiger partial charge in [-0.1, -0.05) is 0 Å². The minimum Gasteiger partial charge on any atom is -0.426 e. The van der Waals surface area contributed by atoms with Crippen molar-refractivity contribution in [3.8, 4) is 5.75 Å². The number of ether oxygens (including phenoxy) is 1. The summed E-state index contributed by atoms with van der Waals surface area (Å²) in [5, 5.41) is 24.3. The molecule has 2 rings (SSSR count). The van der Waals surface area contributed by atoms with E-state index >= 15 is 0 Å². The second kappa shape index (κ2) is 8.36. The topological polar surface area (TPSA) is 108 Å². The smallest absolute Gasteiger partial charge is 0.426 e. The van der Waals surface area contributed by atoms with Crippen LogP contribution in [0.2, 0.25) is 0 Å². The van der Waals surface area contributed by atoms with Gasteiger partial charge in [0, 0.05) is 11.8 Å². The summed E-state index contributed by atoms with van der Waals surface area (Å²) in [6.07, 6.45) is -16.9. The molecule has 17 heteroatoms. The lowest BCUT2D eigenvalue weighted by Gasteiger charge is -2.20. The molecular formula is C15H6BrF8N3O5. The number of hydrogen-bond donors (Lipinski definition) is 1. The lowest BCUT2D eigenvalue weighted by molar-refractivity contribution is -0.395. The molecule has 2 aromatic rings. The average Bonchev–Trinajstić information content (AvgIpc) is 2.60. The monoisotopic (exact) mass is 539 g/mol. The first kappa shape index (κ1) is 25.0. The molecule has 174 valence electrons. The van der Waals surface area contributed by atoms with Crippen molar-refractivity contribution in [1.29, 1.82) is 0 Å². The van der Waals surface area contributed by atoms with Crippen molar-refractivity contribution in [3.63, 3.8) is 0 Å². The molecule has 0 aliphatic carbocycles. The van der Waals surface area contributed by atoms with E-state index in [1.165, 1.54) is 0 Å². The predicted molar refractivity (Wildman–Crippen MR) is 93.8 cm³/mol. The van der Waals surface area contributed by atoms with Crippen molar-refractivity contribution in [1.82, 2.24) is 0 Å². The molecule has 0 radical (unpaired) electrons. The van der Waals surface area contributed by atoms with E-state index in [1.54, 1.807) is 0 Å². The van der Waals surface area contributed by atoms with E-state index in [1.807, 2.05) is 5.32 Å². The van der Waals surface area contributed by atoms with Gasteiger partial charge in [-0.15, -0.1) is 0 Å². The highest BCUT2D eigenvalue weighted by atomic mass is 79.9. The fraction of sp³-hybridized carbons (Fsp3) is 0.200. The summed E-state index contributed by atoms with van der Waals surface area (Å²) < 4.78 is 105. The summed E-state index contributed by atoms with van der Waals surface area (Å²) in [5.41, 5.74) is -6.09. The zero-order valence-electron chi connectivity index (χ0n) is 14.7. The Hall–Kier alpha value is -3.24. The van der Waals surface area contributed by atoms with Crippen molar-refractivity contribution in [2.75, 3.05) is 5.32 Å². The summed E-state index contributed by atoms with van der Waals surface area (Å²) in [4.78, 5) is 19.7. The van der Waals surface area contributed by atoms with Gasteiger partial charge in [-0.2, -0.15) is 35.1 Å². The highest BCUT2D eigenvalue weighted by Gasteiger charge is 2.61. The van der Waals surface area contributed by atoms with Crippen LogP contribution in [0.15, 0.2) is 34.8 Å². The number of benzene rings is 2. The zero-order valence-corrected chi connectivity index (χ0v) is 16.3. The molecule has 0 saturated heterocycles. The van der Waals surface area contributed by atoms with Gasteiger partial charge in [0.25, 0.3) is 5.69 Å². The van der Waals surface area contributed by atoms with Crippen LogP contribution in [-0.2, 0) is 6.18 Å². The van der Waals surface area contributed by atoms with E-state index in [9.17, 15) is 55.4 Å². The van der Waals surface area contributed by atoms with Crippen molar-refractivity contribution >= 4 is 38.7 Å². The van der Waals surface area contributed by atoms with Crippen LogP contribution in [0.3, 0.4) is 0 Å². The summed E-state index contributed by atoms with van der Waals surface area (Å²) in [5.74, 6) is -1.02. The van der Waals surface area contributed by atoms with E-state index < -0.39 is 66.8 Å². The molecule has 0 saturated carbocycles. The maximum Gasteiger partial charge on any atom is 0.499 e. The summed E-state index contributed by atoms with van der Waals surface area (Å²) in [7, 11) is 0. The van der Waals surface area contributed by atoms with Crippen LogP contribution in [-0.4, -0.2) is 22.1 Å². The number of nitro benzene ring substituents is 2. The molecule has 0 unspecified atom stereocenters. The van der Waals surface area contributed by atoms with Crippen LogP contribution < -0.4 is 10.1 Å². The molecular weight excluding hydrogens is 534 g/mol. The molecule has 32 heavy (non-hydrogen) atoms. The van der Waals surface area contributed by atoms with E-state index in [-0.39, 0.29) is 6.07 Å². The number of hydrogen-bond acceptors (Lipinski definition) is 6. The number of rotatable bonds is 6. The molecule has 0 aromatic heterocycles. The number of nitro groups is 2. The Labute approximate surface area is 179 Å². The van der Waals surface area contributed by atoms with Crippen molar-refractivity contribution in [2.24, 2.45) is 0 Å². The quantitative estimate of drug-likeness (QED) is 0.253. The summed E-state index contributed by atoms with van der Waals surface area (Å²) in [6.45, 7) is 0. The minimum absolute atomic E-state index is 0.0286. The number of alkyl halides is 8. The first-order valence-corrected chi connectivity index (χ1v) is 8.48. The zero-order chi connectivity index (χ0) is 24.6. The Kier molecular flexibility index (Phi) is 6.54. The third-order valence-corrected chi connectivity index (χ3v) is 4.39. The lowest BCUT2D eigenvalue weighted by atomic mass is 10.1. The molecule has 0 bridgehead atoms. The first-order chi connectivity index (χ1) is 14.5. The first-order valence-electron chi connectivity index (χ1n) is 7.69. The van der Waals surface area contributed by atoms with Crippen LogP contribution in [0.5, 0.6) is 5.75 Å². The Morgan fingerprint density at radius 3 is 1.84 bits per heavy atom. The Morgan fingerprint density at radius 1 is 0.906 bits per heavy atom. The molecule has 1 N–H and O–H groups in total. The number of anilines is 2. The number of halogens is 9. The summed E-state index contributed by atoms with van der Waals surface area (Å²) >= 11 is 2.51. The van der Waals surface area contributed by atoms with Gasteiger partial charge in [0.15, 0.2) is 4.47 Å². The van der Waals surface area contributed by atoms with E-state index in [0.717, 1.165) is 0 Å². The molecule has 2 aromatic carbocycles. The van der Waals surface area contributed by atoms with Crippen molar-refractivity contribution < 1.29 is 49.7 Å². The maximum absolute atomic E-state index is 13.4. The van der Waals surface area contributed by atoms with Gasteiger partial charge in [-0.05, 0) is 40.2 Å². The van der Waals surface area contributed by atoms with E-state index in [4.69, 9.17) is 0 Å². The van der Waals surface area contributed by atoms with Crippen LogP contribution in [0.1, 0.15) is 5.56 Å². The standard InChI is InChI=1S/C15H6BrF8N3O5/c16-10-9(26(28)29)5-8(13(17,18)19)11(12(10)27(30)31)25-6-1-3-7(4-2-6)32-15(23,24)14(20,21)22/h1-5,25H. The fourth-order valence-corrected chi connectivity index (χ4v) is 2.84. The van der Waals surface area contributed by atoms with E-state index in [2.05, 4.69) is 20.7 Å². The molecule has 8 nitrogen and oxygen atoms in total. The second-order valence-electron chi connectivity index (χ2n) is 5.76. The van der Waals surface area contributed by atoms with Gasteiger partial charge >= 0.3 is 24.1 Å². The van der Waals surface area contributed by atoms with Crippen molar-refractivity contribution in [3.05, 3.63) is 60.6 Å². The van der Waals surface area contributed by atoms with Gasteiger partial charge < -0.3 is 10.1 Å². The van der Waals surface area contributed by atoms with Gasteiger partial charge in [-0.25, -0.2) is 0 Å². The molecule has 0 fully saturated rings. The highest BCUT2D eigenvalue weighted by molar-refractivity contribution is 9.10. The van der Waals surface area contributed by atoms with Gasteiger partial charge in [0.2, 0.25) is 0 Å². The summed E-state index contributed by atoms with van der Waals surface area (Å²) in [6, 6.07) is 2.48. The maximum atomic E-state index is 13.4. The largest absolute Gasteiger partial charge is 0.499 e. The van der Waals surface area contributed by atoms with E-state index in [0.29, 0.717) is 24.3 Å². The van der Waals surface area contributed by atoms with Gasteiger partial charge in [0.1, 0.15) is 11.4 Å². The second-order valence-corrected chi connectivity index (χ2v) is 6.55. The van der Waals surface area contributed by atoms with Crippen molar-refractivity contribution in [2.45, 2.75) is 18.5 Å². The van der Waals surface area contributed by atoms with Gasteiger partial charge in [-0.3, -0.25) is 20.2 Å². The fourth-order valence-electron chi connectivity index (χ4n) is 2.24. The Morgan fingerprint density at radius 2 is 1.44 bits per heavy atom. The van der Waals surface area contributed by atoms with Crippen LogP contribution >= 0.6 is 15.9 Å². The SMILES string of the molecule is O=[N+]([O-])c1cc(C(F)(F)F)c(Nc2ccc(OC(F)(F)C(F)(F)F)cc2)c([N+](=O)[O-])c1Br. The number of nitrogens with one attached hydrogen (secondary N) is 1. The Bertz CT molecular complexity index is 1060. The molecule has 0 aliphatic heterocycles. The van der Waals surface area contributed by atoms with Crippen LogP contribution in [0.25, 0.3) is 0 Å². The lowest BCUT2D eigenvalue weighted by Crippen LogP contribution is -2.41. The Balaban J connectivity index is 2.54. The molecule has 0 heterocycles. The number of nitrogens with zero attached hydrogens (tertiary/aromatic N) is 2. The normalized spacial score (nSPS) is 12.4. The highest BCUT2D eigenvalue weighted by Crippen LogP contribution is 2.48. The molecule has 0 atom stereocenters. The average molecular weight is 540 g/mol. The third kappa shape index (κ3) is 5.14. The molecule has 0 amide bonds. The van der Waals surface area contributed by atoms with Crippen LogP contribution in [0, 0.1) is 20.2 Å².